The number of hydrogen-bond acceptors (Lipinski definition) is 5. The number of nitrogens with one attached hydrogen (secondary N) is 1. The van der Waals surface area contributed by atoms with Crippen molar-refractivity contribution in [2.75, 3.05) is 0 Å². The van der Waals surface area contributed by atoms with Crippen molar-refractivity contribution >= 4 is 23.2 Å². The summed E-state index contributed by atoms with van der Waals surface area (Å²) in [4.78, 5) is 12.1. The Balaban J connectivity index is 1.71. The van der Waals surface area contributed by atoms with Gasteiger partial charge in [0.05, 0.1) is 6.21 Å². The van der Waals surface area contributed by atoms with E-state index in [0.717, 1.165) is 0 Å². The van der Waals surface area contributed by atoms with Crippen LogP contribution in [0.2, 0.25) is 0 Å². The van der Waals surface area contributed by atoms with Gasteiger partial charge < -0.3 is 5.21 Å². The molecule has 7 heteroatoms. The molecule has 0 aliphatic heterocycles. The summed E-state index contributed by atoms with van der Waals surface area (Å²) in [7, 11) is 0. The Hall–Kier alpha value is -3.22. The number of carbonyl (C=O) groups excluding carboxylic acids is 1. The minimum atomic E-state index is -0.299. The second kappa shape index (κ2) is 5.41. The first kappa shape index (κ1) is 12.8. The Morgan fingerprint density at radius 2 is 2.10 bits per heavy atom. The quantitative estimate of drug-likeness (QED) is 0.444. The minimum Gasteiger partial charge on any atom is -0.359 e. The van der Waals surface area contributed by atoms with E-state index in [4.69, 9.17) is 0 Å². The third-order valence-corrected chi connectivity index (χ3v) is 2.83. The Labute approximate surface area is 119 Å². The lowest BCUT2D eigenvalue weighted by atomic mass is 10.2. The van der Waals surface area contributed by atoms with E-state index in [1.165, 1.54) is 6.21 Å². The smallest absolute Gasteiger partial charge is 0.271 e. The molecule has 0 bridgehead atoms. The molecule has 0 aliphatic rings. The van der Waals surface area contributed by atoms with Crippen LogP contribution in [-0.4, -0.2) is 17.3 Å². The summed E-state index contributed by atoms with van der Waals surface area (Å²) in [6, 6.07) is 13.6. The predicted molar refractivity (Wildman–Crippen MR) is 74.5 cm³/mol. The molecule has 1 N–H and O–H groups in total. The normalized spacial score (nSPS) is 11.0. The van der Waals surface area contributed by atoms with Gasteiger partial charge in [0, 0.05) is 16.8 Å². The maximum absolute atomic E-state index is 11.8. The van der Waals surface area contributed by atoms with Crippen LogP contribution in [0.1, 0.15) is 15.9 Å². The highest BCUT2D eigenvalue weighted by Crippen LogP contribution is 2.08. The number of rotatable bonds is 3. The fraction of sp³-hybridized carbons (Fsp3) is 0. The Morgan fingerprint density at radius 1 is 1.29 bits per heavy atom. The van der Waals surface area contributed by atoms with Crippen LogP contribution in [0.4, 0.5) is 0 Å². The molecular weight excluding hydrogens is 272 g/mol. The molecule has 1 heterocycles. The maximum atomic E-state index is 11.8. The SMILES string of the molecule is O=C(N/N=C/c1ccc2c(c1)no[n+]2[O-])c1ccccc1. The number of hydrogen-bond donors (Lipinski definition) is 1. The Bertz CT molecular complexity index is 811. The summed E-state index contributed by atoms with van der Waals surface area (Å²) >= 11 is 0. The van der Waals surface area contributed by atoms with Crippen LogP contribution in [0.3, 0.4) is 0 Å². The average molecular weight is 282 g/mol. The van der Waals surface area contributed by atoms with Crippen molar-refractivity contribution in [1.29, 1.82) is 0 Å². The molecule has 21 heavy (non-hydrogen) atoms. The topological polar surface area (TPSA) is 94.4 Å². The summed E-state index contributed by atoms with van der Waals surface area (Å²) < 4.78 is 4.47. The average Bonchev–Trinajstić information content (AvgIpc) is 2.89. The molecule has 0 spiro atoms. The van der Waals surface area contributed by atoms with Crippen molar-refractivity contribution in [1.82, 2.24) is 10.6 Å². The van der Waals surface area contributed by atoms with Crippen LogP contribution >= 0.6 is 0 Å². The van der Waals surface area contributed by atoms with Crippen molar-refractivity contribution in [3.63, 3.8) is 0 Å². The van der Waals surface area contributed by atoms with Gasteiger partial charge in [0.15, 0.2) is 0 Å². The molecule has 0 radical (unpaired) electrons. The van der Waals surface area contributed by atoms with Crippen LogP contribution in [0.15, 0.2) is 58.3 Å². The van der Waals surface area contributed by atoms with E-state index in [9.17, 15) is 10.0 Å². The molecule has 0 fully saturated rings. The van der Waals surface area contributed by atoms with E-state index in [0.29, 0.717) is 27.1 Å². The van der Waals surface area contributed by atoms with Crippen LogP contribution in [0, 0.1) is 5.21 Å². The molecule has 2 aromatic carbocycles. The van der Waals surface area contributed by atoms with Crippen LogP contribution in [0.25, 0.3) is 11.0 Å². The number of benzene rings is 2. The van der Waals surface area contributed by atoms with Crippen LogP contribution < -0.4 is 10.3 Å². The summed E-state index contributed by atoms with van der Waals surface area (Å²) in [5.41, 5.74) is 4.38. The van der Waals surface area contributed by atoms with Crippen LogP contribution in [0.5, 0.6) is 0 Å². The second-order valence-corrected chi connectivity index (χ2v) is 4.24. The van der Waals surface area contributed by atoms with E-state index in [1.54, 1.807) is 42.5 Å². The van der Waals surface area contributed by atoms with Crippen molar-refractivity contribution in [2.24, 2.45) is 5.10 Å². The third-order valence-electron chi connectivity index (χ3n) is 2.83. The molecular formula is C14H10N4O3. The van der Waals surface area contributed by atoms with E-state index in [2.05, 4.69) is 20.3 Å². The fourth-order valence-corrected chi connectivity index (χ4v) is 1.79. The third kappa shape index (κ3) is 2.71. The minimum absolute atomic E-state index is 0.299. The lowest BCUT2D eigenvalue weighted by molar-refractivity contribution is -0.782. The van der Waals surface area contributed by atoms with Gasteiger partial charge in [-0.25, -0.2) is 5.43 Å². The van der Waals surface area contributed by atoms with E-state index >= 15 is 0 Å². The van der Waals surface area contributed by atoms with Crippen molar-refractivity contribution in [3.8, 4) is 0 Å². The zero-order valence-corrected chi connectivity index (χ0v) is 10.8. The van der Waals surface area contributed by atoms with Gasteiger partial charge in [0.25, 0.3) is 5.91 Å². The first-order chi connectivity index (χ1) is 10.2. The van der Waals surface area contributed by atoms with Gasteiger partial charge in [-0.1, -0.05) is 18.2 Å². The molecule has 0 aliphatic carbocycles. The lowest BCUT2D eigenvalue weighted by Crippen LogP contribution is -2.22. The lowest BCUT2D eigenvalue weighted by Gasteiger charge is -1.98. The molecule has 104 valence electrons. The van der Waals surface area contributed by atoms with Crippen LogP contribution in [-0.2, 0) is 0 Å². The first-order valence-corrected chi connectivity index (χ1v) is 6.12. The zero-order chi connectivity index (χ0) is 14.7. The van der Waals surface area contributed by atoms with Gasteiger partial charge in [-0.15, -0.1) is 0 Å². The van der Waals surface area contributed by atoms with Gasteiger partial charge in [0.1, 0.15) is 0 Å². The monoisotopic (exact) mass is 282 g/mol. The number of amides is 1. The molecule has 0 unspecified atom stereocenters. The number of aromatic nitrogens is 2. The van der Waals surface area contributed by atoms with Gasteiger partial charge in [-0.3, -0.25) is 9.42 Å². The largest absolute Gasteiger partial charge is 0.359 e. The molecule has 0 saturated heterocycles. The van der Waals surface area contributed by atoms with Gasteiger partial charge >= 0.3 is 0 Å². The van der Waals surface area contributed by atoms with E-state index in [-0.39, 0.29) is 5.91 Å². The standard InChI is InChI=1S/C14H10N4O3/c19-14(11-4-2-1-3-5-11)16-15-9-10-6-7-13-12(8-10)17-21-18(13)20/h1-9H,(H,16,19)/b15-9+. The van der Waals surface area contributed by atoms with Gasteiger partial charge in [0.2, 0.25) is 11.0 Å². The fourth-order valence-electron chi connectivity index (χ4n) is 1.79. The molecule has 0 saturated carbocycles. The molecule has 7 nitrogen and oxygen atoms in total. The zero-order valence-electron chi connectivity index (χ0n) is 10.8. The molecule has 1 amide bonds. The number of fused-ring (bicyclic) bond motifs is 1. The molecule has 1 aromatic heterocycles. The highest BCUT2D eigenvalue weighted by molar-refractivity contribution is 5.95. The summed E-state index contributed by atoms with van der Waals surface area (Å²) in [5, 5.41) is 18.6. The van der Waals surface area contributed by atoms with Crippen molar-refractivity contribution in [3.05, 3.63) is 64.9 Å². The number of hydrazone groups is 1. The summed E-state index contributed by atoms with van der Waals surface area (Å²) in [6.45, 7) is 0. The summed E-state index contributed by atoms with van der Waals surface area (Å²) in [5.74, 6) is -0.299. The highest BCUT2D eigenvalue weighted by Gasteiger charge is 2.08. The molecule has 0 atom stereocenters. The Kier molecular flexibility index (Phi) is 3.30. The maximum Gasteiger partial charge on any atom is 0.271 e. The van der Waals surface area contributed by atoms with Gasteiger partial charge in [-0.05, 0) is 34.7 Å². The van der Waals surface area contributed by atoms with Crippen molar-refractivity contribution in [2.45, 2.75) is 0 Å². The summed E-state index contributed by atoms with van der Waals surface area (Å²) in [6.07, 6.45) is 1.46. The predicted octanol–water partition coefficient (Wildman–Crippen LogP) is 1.23. The highest BCUT2D eigenvalue weighted by atomic mass is 16.8. The number of carbonyl (C=O) groups is 1. The number of nitrogens with zero attached hydrogens (tertiary/aromatic N) is 3. The molecule has 3 aromatic rings. The Morgan fingerprint density at radius 3 is 2.90 bits per heavy atom. The second-order valence-electron chi connectivity index (χ2n) is 4.24. The van der Waals surface area contributed by atoms with E-state index < -0.39 is 0 Å². The van der Waals surface area contributed by atoms with Gasteiger partial charge in [-0.2, -0.15) is 5.10 Å². The molecule has 3 rings (SSSR count). The first-order valence-electron chi connectivity index (χ1n) is 6.12. The van der Waals surface area contributed by atoms with Crippen molar-refractivity contribution < 1.29 is 14.3 Å². The van der Waals surface area contributed by atoms with E-state index in [1.807, 2.05) is 6.07 Å².